The van der Waals surface area contributed by atoms with Crippen molar-refractivity contribution in [1.82, 2.24) is 4.90 Å². The lowest BCUT2D eigenvalue weighted by Gasteiger charge is -2.27. The average Bonchev–Trinajstić information content (AvgIpc) is 2.88. The number of aliphatic hydroxyl groups excluding tert-OH is 1. The number of aliphatic hydroxyl groups is 1. The molecular formula is C18H24F3NO3. The topological polar surface area (TPSA) is 49.8 Å². The minimum Gasteiger partial charge on any atom is -0.444 e. The number of ether oxygens (including phenoxy) is 1. The van der Waals surface area contributed by atoms with Crippen LogP contribution in [0.3, 0.4) is 0 Å². The van der Waals surface area contributed by atoms with E-state index < -0.39 is 23.4 Å². The summed E-state index contributed by atoms with van der Waals surface area (Å²) in [4.78, 5) is 13.8. The summed E-state index contributed by atoms with van der Waals surface area (Å²) in [5.74, 6) is 0.0707. The number of rotatable bonds is 3. The third-order valence-corrected chi connectivity index (χ3v) is 4.15. The molecule has 0 radical (unpaired) electrons. The first-order chi connectivity index (χ1) is 11.5. The van der Waals surface area contributed by atoms with Gasteiger partial charge >= 0.3 is 12.3 Å². The van der Waals surface area contributed by atoms with Crippen molar-refractivity contribution in [3.63, 3.8) is 0 Å². The highest BCUT2D eigenvalue weighted by Gasteiger charge is 2.37. The van der Waals surface area contributed by atoms with E-state index >= 15 is 0 Å². The first-order valence-electron chi connectivity index (χ1n) is 8.26. The molecule has 2 rings (SSSR count). The van der Waals surface area contributed by atoms with Crippen molar-refractivity contribution in [3.8, 4) is 0 Å². The summed E-state index contributed by atoms with van der Waals surface area (Å²) < 4.78 is 43.2. The van der Waals surface area contributed by atoms with Gasteiger partial charge in [0, 0.05) is 6.54 Å². The molecule has 140 valence electrons. The van der Waals surface area contributed by atoms with E-state index in [1.165, 1.54) is 17.0 Å². The molecule has 1 aliphatic rings. The number of halogens is 3. The van der Waals surface area contributed by atoms with Crippen LogP contribution in [0.2, 0.25) is 0 Å². The van der Waals surface area contributed by atoms with Crippen LogP contribution in [0.5, 0.6) is 0 Å². The molecule has 1 N–H and O–H groups in total. The van der Waals surface area contributed by atoms with Gasteiger partial charge in [-0.1, -0.05) is 12.1 Å². The Kier molecular flexibility index (Phi) is 5.66. The summed E-state index contributed by atoms with van der Waals surface area (Å²) in [6, 6.07) is 4.74. The zero-order valence-corrected chi connectivity index (χ0v) is 14.6. The van der Waals surface area contributed by atoms with Gasteiger partial charge in [-0.05, 0) is 57.2 Å². The van der Waals surface area contributed by atoms with Crippen LogP contribution < -0.4 is 0 Å². The SMILES string of the molecule is CC(C)(C)OC(=O)N1CC(Cc2ccc(C(F)(F)F)cc2)CC1CO. The minimum atomic E-state index is -4.35. The molecule has 7 heteroatoms. The lowest BCUT2D eigenvalue weighted by Crippen LogP contribution is -2.41. The van der Waals surface area contributed by atoms with Crippen molar-refractivity contribution >= 4 is 6.09 Å². The van der Waals surface area contributed by atoms with Gasteiger partial charge in [0.15, 0.2) is 0 Å². The summed E-state index contributed by atoms with van der Waals surface area (Å²) in [6.07, 6.45) is -3.67. The fourth-order valence-electron chi connectivity index (χ4n) is 3.04. The van der Waals surface area contributed by atoms with Gasteiger partial charge in [-0.15, -0.1) is 0 Å². The summed E-state index contributed by atoms with van der Waals surface area (Å²) in [5, 5.41) is 9.52. The van der Waals surface area contributed by atoms with Crippen LogP contribution in [0.1, 0.15) is 38.3 Å². The molecule has 0 spiro atoms. The van der Waals surface area contributed by atoms with E-state index in [-0.39, 0.29) is 18.6 Å². The molecular weight excluding hydrogens is 335 g/mol. The van der Waals surface area contributed by atoms with Crippen LogP contribution in [0.25, 0.3) is 0 Å². The summed E-state index contributed by atoms with van der Waals surface area (Å²) >= 11 is 0. The van der Waals surface area contributed by atoms with Crippen molar-refractivity contribution in [2.75, 3.05) is 13.2 Å². The smallest absolute Gasteiger partial charge is 0.416 e. The van der Waals surface area contributed by atoms with Crippen molar-refractivity contribution in [2.24, 2.45) is 5.92 Å². The maximum Gasteiger partial charge on any atom is 0.416 e. The number of hydrogen-bond acceptors (Lipinski definition) is 3. The van der Waals surface area contributed by atoms with Gasteiger partial charge in [-0.2, -0.15) is 13.2 Å². The monoisotopic (exact) mass is 359 g/mol. The number of alkyl halides is 3. The molecule has 0 saturated carbocycles. The number of carbonyl (C=O) groups excluding carboxylic acids is 1. The Morgan fingerprint density at radius 1 is 1.24 bits per heavy atom. The molecule has 4 nitrogen and oxygen atoms in total. The molecule has 0 aromatic heterocycles. The van der Waals surface area contributed by atoms with E-state index in [2.05, 4.69) is 0 Å². The average molecular weight is 359 g/mol. The zero-order valence-electron chi connectivity index (χ0n) is 14.6. The Hall–Kier alpha value is -1.76. The molecule has 1 fully saturated rings. The van der Waals surface area contributed by atoms with Crippen LogP contribution in [-0.4, -0.2) is 40.9 Å². The number of carbonyl (C=O) groups is 1. The zero-order chi connectivity index (χ0) is 18.8. The van der Waals surface area contributed by atoms with Crippen molar-refractivity contribution in [3.05, 3.63) is 35.4 Å². The normalized spacial score (nSPS) is 21.5. The van der Waals surface area contributed by atoms with Gasteiger partial charge in [-0.25, -0.2) is 4.79 Å². The molecule has 1 amide bonds. The quantitative estimate of drug-likeness (QED) is 0.891. The Labute approximate surface area is 145 Å². The van der Waals surface area contributed by atoms with Crippen LogP contribution in [-0.2, 0) is 17.3 Å². The maximum atomic E-state index is 12.6. The highest BCUT2D eigenvalue weighted by Crippen LogP contribution is 2.31. The Bertz CT molecular complexity index is 593. The van der Waals surface area contributed by atoms with Crippen LogP contribution in [0.15, 0.2) is 24.3 Å². The van der Waals surface area contributed by atoms with Gasteiger partial charge in [-0.3, -0.25) is 0 Å². The van der Waals surface area contributed by atoms with Gasteiger partial charge in [0.05, 0.1) is 18.2 Å². The van der Waals surface area contributed by atoms with Crippen molar-refractivity contribution in [2.45, 2.75) is 51.4 Å². The summed E-state index contributed by atoms with van der Waals surface area (Å²) in [5.41, 5.74) is -0.519. The highest BCUT2D eigenvalue weighted by molar-refractivity contribution is 5.69. The van der Waals surface area contributed by atoms with Crippen molar-refractivity contribution in [1.29, 1.82) is 0 Å². The first-order valence-corrected chi connectivity index (χ1v) is 8.26. The molecule has 2 unspecified atom stereocenters. The van der Waals surface area contributed by atoms with Crippen LogP contribution >= 0.6 is 0 Å². The third kappa shape index (κ3) is 5.36. The Morgan fingerprint density at radius 3 is 2.32 bits per heavy atom. The molecule has 1 aliphatic heterocycles. The number of likely N-dealkylation sites (tertiary alicyclic amines) is 1. The number of benzene rings is 1. The summed E-state index contributed by atoms with van der Waals surface area (Å²) in [6.45, 7) is 5.57. The summed E-state index contributed by atoms with van der Waals surface area (Å²) in [7, 11) is 0. The van der Waals surface area contributed by atoms with Crippen molar-refractivity contribution < 1.29 is 27.8 Å². The van der Waals surface area contributed by atoms with E-state index in [1.54, 1.807) is 20.8 Å². The second kappa shape index (κ2) is 7.23. The molecule has 1 saturated heterocycles. The van der Waals surface area contributed by atoms with Gasteiger partial charge in [0.2, 0.25) is 0 Å². The van der Waals surface area contributed by atoms with E-state index in [9.17, 15) is 23.1 Å². The highest BCUT2D eigenvalue weighted by atomic mass is 19.4. The Balaban J connectivity index is 2.01. The van der Waals surface area contributed by atoms with Gasteiger partial charge in [0.1, 0.15) is 5.60 Å². The lowest BCUT2D eigenvalue weighted by atomic mass is 9.96. The lowest BCUT2D eigenvalue weighted by molar-refractivity contribution is -0.137. The van der Waals surface area contributed by atoms with E-state index in [0.29, 0.717) is 19.4 Å². The van der Waals surface area contributed by atoms with E-state index in [4.69, 9.17) is 4.74 Å². The van der Waals surface area contributed by atoms with Crippen LogP contribution in [0, 0.1) is 5.92 Å². The molecule has 1 aromatic carbocycles. The number of hydrogen-bond donors (Lipinski definition) is 1. The number of nitrogens with zero attached hydrogens (tertiary/aromatic N) is 1. The molecule has 25 heavy (non-hydrogen) atoms. The molecule has 0 bridgehead atoms. The predicted molar refractivity (Wildman–Crippen MR) is 87.1 cm³/mol. The predicted octanol–water partition coefficient (Wildman–Crippen LogP) is 3.87. The molecule has 1 heterocycles. The standard InChI is InChI=1S/C18H24F3NO3/c1-17(2,3)25-16(24)22-10-13(9-15(22)11-23)8-12-4-6-14(7-5-12)18(19,20)21/h4-7,13,15,23H,8-11H2,1-3H3. The second-order valence-corrected chi connectivity index (χ2v) is 7.47. The van der Waals surface area contributed by atoms with E-state index in [1.807, 2.05) is 0 Å². The van der Waals surface area contributed by atoms with Gasteiger partial charge < -0.3 is 14.7 Å². The molecule has 0 aliphatic carbocycles. The second-order valence-electron chi connectivity index (χ2n) is 7.47. The number of amides is 1. The maximum absolute atomic E-state index is 12.6. The fraction of sp³-hybridized carbons (Fsp3) is 0.611. The van der Waals surface area contributed by atoms with E-state index in [0.717, 1.165) is 17.7 Å². The minimum absolute atomic E-state index is 0.0707. The molecule has 1 aromatic rings. The first kappa shape index (κ1) is 19.6. The van der Waals surface area contributed by atoms with Crippen LogP contribution in [0.4, 0.5) is 18.0 Å². The third-order valence-electron chi connectivity index (χ3n) is 4.15. The largest absolute Gasteiger partial charge is 0.444 e. The van der Waals surface area contributed by atoms with Gasteiger partial charge in [0.25, 0.3) is 0 Å². The Morgan fingerprint density at radius 2 is 1.84 bits per heavy atom. The molecule has 2 atom stereocenters. The fourth-order valence-corrected chi connectivity index (χ4v) is 3.04.